The van der Waals surface area contributed by atoms with Gasteiger partial charge in [0.05, 0.1) is 18.4 Å². The molecule has 16 heavy (non-hydrogen) atoms. The van der Waals surface area contributed by atoms with Crippen LogP contribution in [0.4, 0.5) is 0 Å². The molecule has 0 amide bonds. The fourth-order valence-electron chi connectivity index (χ4n) is 1.60. The summed E-state index contributed by atoms with van der Waals surface area (Å²) in [6.07, 6.45) is 4.71. The van der Waals surface area contributed by atoms with Crippen LogP contribution in [0.25, 0.3) is 0 Å². The number of rotatable bonds is 3. The molecule has 2 heterocycles. The average molecular weight is 223 g/mol. The average Bonchev–Trinajstić information content (AvgIpc) is 2.30. The van der Waals surface area contributed by atoms with Gasteiger partial charge in [0, 0.05) is 12.8 Å². The highest BCUT2D eigenvalue weighted by Gasteiger charge is 2.16. The van der Waals surface area contributed by atoms with E-state index in [9.17, 15) is 4.79 Å². The predicted molar refractivity (Wildman–Crippen MR) is 55.7 cm³/mol. The minimum Gasteiger partial charge on any atom is -0.486 e. The Morgan fingerprint density at radius 1 is 1.56 bits per heavy atom. The van der Waals surface area contributed by atoms with Crippen LogP contribution < -0.4 is 4.74 Å². The maximum atomic E-state index is 10.7. The first-order valence-corrected chi connectivity index (χ1v) is 5.18. The number of aromatic nitrogens is 1. The minimum atomic E-state index is -1.00. The second kappa shape index (κ2) is 4.94. The molecule has 0 aliphatic carbocycles. The second-order valence-electron chi connectivity index (χ2n) is 3.67. The SMILES string of the molecule is O=C(O)c1cncc(OC2CCCOC2)c1. The number of nitrogens with zero attached hydrogens (tertiary/aromatic N) is 1. The Bertz CT molecular complexity index is 374. The summed E-state index contributed by atoms with van der Waals surface area (Å²) in [5, 5.41) is 8.79. The van der Waals surface area contributed by atoms with E-state index in [0.29, 0.717) is 12.4 Å². The molecule has 1 aliphatic heterocycles. The Balaban J connectivity index is 2.02. The van der Waals surface area contributed by atoms with E-state index in [1.807, 2.05) is 0 Å². The van der Waals surface area contributed by atoms with Crippen molar-refractivity contribution >= 4 is 5.97 Å². The summed E-state index contributed by atoms with van der Waals surface area (Å²) < 4.78 is 10.9. The van der Waals surface area contributed by atoms with Crippen LogP contribution in [0, 0.1) is 0 Å². The van der Waals surface area contributed by atoms with Gasteiger partial charge in [0.2, 0.25) is 0 Å². The molecule has 0 spiro atoms. The first-order chi connectivity index (χ1) is 7.75. The molecule has 0 radical (unpaired) electrons. The molecule has 0 aromatic carbocycles. The van der Waals surface area contributed by atoms with Crippen LogP contribution in [0.5, 0.6) is 5.75 Å². The summed E-state index contributed by atoms with van der Waals surface area (Å²) in [6.45, 7) is 1.32. The van der Waals surface area contributed by atoms with Crippen LogP contribution >= 0.6 is 0 Å². The third kappa shape index (κ3) is 2.70. The van der Waals surface area contributed by atoms with Crippen molar-refractivity contribution in [1.29, 1.82) is 0 Å². The van der Waals surface area contributed by atoms with E-state index in [-0.39, 0.29) is 11.7 Å². The Hall–Kier alpha value is -1.62. The highest BCUT2D eigenvalue weighted by Crippen LogP contribution is 2.17. The molecule has 0 saturated carbocycles. The largest absolute Gasteiger partial charge is 0.486 e. The molecule has 1 atom stereocenters. The van der Waals surface area contributed by atoms with E-state index in [1.165, 1.54) is 18.5 Å². The molecule has 1 N–H and O–H groups in total. The molecule has 86 valence electrons. The predicted octanol–water partition coefficient (Wildman–Crippen LogP) is 1.34. The molecule has 1 aromatic rings. The molecule has 0 bridgehead atoms. The number of pyridine rings is 1. The maximum Gasteiger partial charge on any atom is 0.337 e. The first-order valence-electron chi connectivity index (χ1n) is 5.18. The van der Waals surface area contributed by atoms with Gasteiger partial charge in [-0.3, -0.25) is 4.98 Å². The van der Waals surface area contributed by atoms with E-state index in [0.717, 1.165) is 19.4 Å². The van der Waals surface area contributed by atoms with Crippen molar-refractivity contribution in [2.45, 2.75) is 18.9 Å². The lowest BCUT2D eigenvalue weighted by Crippen LogP contribution is -2.28. The van der Waals surface area contributed by atoms with E-state index >= 15 is 0 Å². The standard InChI is InChI=1S/C11H13NO4/c13-11(14)8-4-10(6-12-5-8)16-9-2-1-3-15-7-9/h4-6,9H,1-3,7H2,(H,13,14). The van der Waals surface area contributed by atoms with Gasteiger partial charge in [-0.05, 0) is 18.9 Å². The molecule has 1 aromatic heterocycles. The lowest BCUT2D eigenvalue weighted by atomic mass is 10.2. The number of hydrogen-bond acceptors (Lipinski definition) is 4. The van der Waals surface area contributed by atoms with Gasteiger partial charge in [0.15, 0.2) is 0 Å². The van der Waals surface area contributed by atoms with Crippen LogP contribution in [0.1, 0.15) is 23.2 Å². The fraction of sp³-hybridized carbons (Fsp3) is 0.455. The van der Waals surface area contributed by atoms with Gasteiger partial charge in [-0.2, -0.15) is 0 Å². The van der Waals surface area contributed by atoms with Crippen LogP contribution in [-0.2, 0) is 4.74 Å². The molecule has 5 nitrogen and oxygen atoms in total. The monoisotopic (exact) mass is 223 g/mol. The van der Waals surface area contributed by atoms with E-state index in [2.05, 4.69) is 4.98 Å². The Morgan fingerprint density at radius 3 is 3.12 bits per heavy atom. The number of aromatic carboxylic acids is 1. The van der Waals surface area contributed by atoms with Crippen molar-refractivity contribution in [2.75, 3.05) is 13.2 Å². The smallest absolute Gasteiger partial charge is 0.337 e. The van der Waals surface area contributed by atoms with Crippen molar-refractivity contribution < 1.29 is 19.4 Å². The summed E-state index contributed by atoms with van der Waals surface area (Å²) in [5.41, 5.74) is 0.134. The summed E-state index contributed by atoms with van der Waals surface area (Å²) in [7, 11) is 0. The highest BCUT2D eigenvalue weighted by atomic mass is 16.5. The Labute approximate surface area is 93.0 Å². The minimum absolute atomic E-state index is 0.000375. The summed E-state index contributed by atoms with van der Waals surface area (Å²) in [6, 6.07) is 1.48. The van der Waals surface area contributed by atoms with Crippen LogP contribution in [-0.4, -0.2) is 35.4 Å². The van der Waals surface area contributed by atoms with E-state index in [4.69, 9.17) is 14.6 Å². The van der Waals surface area contributed by atoms with Crippen molar-refractivity contribution in [3.63, 3.8) is 0 Å². The van der Waals surface area contributed by atoms with Crippen molar-refractivity contribution in [3.8, 4) is 5.75 Å². The lowest BCUT2D eigenvalue weighted by Gasteiger charge is -2.23. The van der Waals surface area contributed by atoms with Crippen molar-refractivity contribution in [2.24, 2.45) is 0 Å². The van der Waals surface area contributed by atoms with Gasteiger partial charge in [-0.25, -0.2) is 4.79 Å². The third-order valence-corrected chi connectivity index (χ3v) is 2.38. The Morgan fingerprint density at radius 2 is 2.44 bits per heavy atom. The summed E-state index contributed by atoms with van der Waals surface area (Å²) in [4.78, 5) is 14.5. The molecular formula is C11H13NO4. The molecule has 1 aliphatic rings. The normalized spacial score (nSPS) is 20.4. The lowest BCUT2D eigenvalue weighted by molar-refractivity contribution is 0.00723. The van der Waals surface area contributed by atoms with Crippen molar-refractivity contribution in [1.82, 2.24) is 4.98 Å². The second-order valence-corrected chi connectivity index (χ2v) is 3.67. The summed E-state index contributed by atoms with van der Waals surface area (Å²) in [5.74, 6) is -0.520. The molecule has 5 heteroatoms. The zero-order valence-electron chi connectivity index (χ0n) is 8.76. The highest BCUT2D eigenvalue weighted by molar-refractivity contribution is 5.87. The molecule has 2 rings (SSSR count). The number of carbonyl (C=O) groups is 1. The zero-order chi connectivity index (χ0) is 11.4. The van der Waals surface area contributed by atoms with Gasteiger partial charge in [0.25, 0.3) is 0 Å². The third-order valence-electron chi connectivity index (χ3n) is 2.38. The zero-order valence-corrected chi connectivity index (χ0v) is 8.76. The van der Waals surface area contributed by atoms with E-state index in [1.54, 1.807) is 0 Å². The van der Waals surface area contributed by atoms with Crippen LogP contribution in [0.3, 0.4) is 0 Å². The van der Waals surface area contributed by atoms with Gasteiger partial charge in [0.1, 0.15) is 11.9 Å². The molecular weight excluding hydrogens is 210 g/mol. The number of hydrogen-bond donors (Lipinski definition) is 1. The van der Waals surface area contributed by atoms with Crippen molar-refractivity contribution in [3.05, 3.63) is 24.0 Å². The number of carboxylic acid groups (broad SMARTS) is 1. The van der Waals surface area contributed by atoms with Gasteiger partial charge in [-0.15, -0.1) is 0 Å². The molecule has 1 unspecified atom stereocenters. The topological polar surface area (TPSA) is 68.7 Å². The summed E-state index contributed by atoms with van der Waals surface area (Å²) >= 11 is 0. The molecule has 1 saturated heterocycles. The Kier molecular flexibility index (Phi) is 3.36. The van der Waals surface area contributed by atoms with Gasteiger partial charge in [-0.1, -0.05) is 0 Å². The van der Waals surface area contributed by atoms with Crippen LogP contribution in [0.2, 0.25) is 0 Å². The number of carboxylic acids is 1. The fourth-order valence-corrected chi connectivity index (χ4v) is 1.60. The van der Waals surface area contributed by atoms with Crippen LogP contribution in [0.15, 0.2) is 18.5 Å². The van der Waals surface area contributed by atoms with Gasteiger partial charge >= 0.3 is 5.97 Å². The quantitative estimate of drug-likeness (QED) is 0.837. The molecule has 1 fully saturated rings. The van der Waals surface area contributed by atoms with E-state index < -0.39 is 5.97 Å². The maximum absolute atomic E-state index is 10.7. The first kappa shape index (κ1) is 10.9. The number of ether oxygens (including phenoxy) is 2. The van der Waals surface area contributed by atoms with Gasteiger partial charge < -0.3 is 14.6 Å².